The normalized spacial score (nSPS) is 14.5. The number of quaternary nitrogens is 1. The quantitative estimate of drug-likeness (QED) is 0.0897. The zero-order valence-electron chi connectivity index (χ0n) is 40.1. The molecule has 2 aromatic rings. The molecule has 344 valence electrons. The summed E-state index contributed by atoms with van der Waals surface area (Å²) < 4.78 is 5.37. The van der Waals surface area contributed by atoms with E-state index in [1.807, 2.05) is 82.0 Å². The fraction of sp³-hybridized carbons (Fsp3) is 0.635. The molecule has 1 fully saturated rings. The van der Waals surface area contributed by atoms with Gasteiger partial charge in [0.1, 0.15) is 6.61 Å². The minimum absolute atomic E-state index is 0.0181. The SMILES string of the molecule is CC.CCC.CCC1(N(CCO)C(=O)c2ccccc2CCC(O)Cc2ccc(C)cc2C(=O)N(CCOC(=O)C[NH3+])C(C)(C)C2=CCCC=C2)CCCC1.CCCCCC. The number of carbonyl (C=O) groups is 3. The van der Waals surface area contributed by atoms with Crippen molar-refractivity contribution in [3.05, 3.63) is 94.1 Å². The lowest BCUT2D eigenvalue weighted by Gasteiger charge is -2.41. The van der Waals surface area contributed by atoms with Crippen LogP contribution < -0.4 is 5.73 Å². The number of aliphatic hydroxyl groups is 2. The van der Waals surface area contributed by atoms with E-state index in [1.54, 1.807) is 4.90 Å². The Bertz CT molecular complexity index is 1620. The number of esters is 1. The molecule has 2 aliphatic rings. The monoisotopic (exact) mass is 849 g/mol. The van der Waals surface area contributed by atoms with Gasteiger partial charge in [-0.1, -0.05) is 148 Å². The van der Waals surface area contributed by atoms with Crippen LogP contribution in [0.1, 0.15) is 183 Å². The molecule has 9 heteroatoms. The Hall–Kier alpha value is -3.79. The summed E-state index contributed by atoms with van der Waals surface area (Å²) in [6.45, 7) is 21.3. The lowest BCUT2D eigenvalue weighted by molar-refractivity contribution is -0.359. The van der Waals surface area contributed by atoms with E-state index < -0.39 is 17.6 Å². The Balaban J connectivity index is 0.00000151. The van der Waals surface area contributed by atoms with Crippen molar-refractivity contribution in [1.82, 2.24) is 9.80 Å². The first kappa shape index (κ1) is 55.2. The minimum atomic E-state index is -0.763. The molecule has 61 heavy (non-hydrogen) atoms. The van der Waals surface area contributed by atoms with Crippen LogP contribution in [0.2, 0.25) is 0 Å². The molecule has 0 spiro atoms. The molecule has 0 aromatic heterocycles. The molecule has 0 radical (unpaired) electrons. The maximum absolute atomic E-state index is 14.5. The topological polar surface area (TPSA) is 135 Å². The lowest BCUT2D eigenvalue weighted by Crippen LogP contribution is -2.55. The Morgan fingerprint density at radius 2 is 1.52 bits per heavy atom. The van der Waals surface area contributed by atoms with Gasteiger partial charge in [0.05, 0.1) is 24.8 Å². The lowest BCUT2D eigenvalue weighted by atomic mass is 9.86. The van der Waals surface area contributed by atoms with Gasteiger partial charge in [-0.3, -0.25) is 9.59 Å². The molecule has 4 rings (SSSR count). The number of allylic oxidation sites excluding steroid dienone is 2. The standard InChI is InChI=1S/C41H57N3O6.C6H14.C3H8.C2H6/c1-5-41(21-11-12-22-41)44(23-25-45)38(48)35-16-10-9-13-31(35)19-20-34(46)28-32-18-17-30(2)27-36(32)39(49)43(24-26-50-37(47)29-42)40(3,4)33-14-7-6-8-15-33;1-3-5-6-4-2;1-3-2;1-2/h7,9-10,13-18,27,34,45-46H,5-6,8,11-12,19-26,28-29,42H2,1-4H3;3-6H2,1-2H3;3H2,1-2H3;1-2H3/p+1. The van der Waals surface area contributed by atoms with Crippen LogP contribution in [0.5, 0.6) is 0 Å². The van der Waals surface area contributed by atoms with Gasteiger partial charge < -0.3 is 30.5 Å². The largest absolute Gasteiger partial charge is 0.460 e. The molecule has 9 nitrogen and oxygen atoms in total. The summed E-state index contributed by atoms with van der Waals surface area (Å²) >= 11 is 0. The summed E-state index contributed by atoms with van der Waals surface area (Å²) in [7, 11) is 0. The van der Waals surface area contributed by atoms with Crippen molar-refractivity contribution in [2.45, 2.75) is 183 Å². The number of nitrogens with zero attached hydrogens (tertiary/aromatic N) is 2. The van der Waals surface area contributed by atoms with E-state index in [1.165, 1.54) is 32.1 Å². The molecule has 2 aliphatic carbocycles. The fourth-order valence-electron chi connectivity index (χ4n) is 8.17. The van der Waals surface area contributed by atoms with Gasteiger partial charge in [-0.25, -0.2) is 4.79 Å². The number of benzene rings is 2. The number of hydrogen-bond acceptors (Lipinski definition) is 6. The maximum Gasteiger partial charge on any atom is 0.361 e. The maximum atomic E-state index is 14.5. The smallest absolute Gasteiger partial charge is 0.361 e. The van der Waals surface area contributed by atoms with Gasteiger partial charge in [0.2, 0.25) is 0 Å². The summed E-state index contributed by atoms with van der Waals surface area (Å²) in [6, 6.07) is 13.3. The Kier molecular flexibility index (Phi) is 27.4. The van der Waals surface area contributed by atoms with E-state index >= 15 is 0 Å². The average molecular weight is 849 g/mol. The number of β-amino-alcohol motifs (C(OH)–C–C–N with tert-alkyl or cyclic N) is 1. The summed E-state index contributed by atoms with van der Waals surface area (Å²) in [6.07, 6.45) is 20.2. The number of aryl methyl sites for hydroxylation is 2. The van der Waals surface area contributed by atoms with Gasteiger partial charge in [-0.15, -0.1) is 0 Å². The van der Waals surface area contributed by atoms with Crippen molar-refractivity contribution in [3.8, 4) is 0 Å². The highest BCUT2D eigenvalue weighted by atomic mass is 16.5. The first-order chi connectivity index (χ1) is 29.3. The molecule has 5 N–H and O–H groups in total. The second-order valence-corrected chi connectivity index (χ2v) is 16.7. The van der Waals surface area contributed by atoms with Gasteiger partial charge in [0, 0.05) is 23.2 Å². The Labute approximate surface area is 371 Å². The van der Waals surface area contributed by atoms with Crippen molar-refractivity contribution in [2.24, 2.45) is 0 Å². The van der Waals surface area contributed by atoms with E-state index in [0.717, 1.165) is 67.2 Å². The summed E-state index contributed by atoms with van der Waals surface area (Å²) in [5.74, 6) is -0.673. The highest BCUT2D eigenvalue weighted by molar-refractivity contribution is 5.97. The molecule has 2 aromatic carbocycles. The molecule has 0 saturated heterocycles. The van der Waals surface area contributed by atoms with Crippen molar-refractivity contribution >= 4 is 17.8 Å². The van der Waals surface area contributed by atoms with Gasteiger partial charge >= 0.3 is 5.97 Å². The number of aliphatic hydroxyl groups excluding tert-OH is 2. The van der Waals surface area contributed by atoms with E-state index in [4.69, 9.17) is 4.74 Å². The molecular weight excluding hydrogens is 763 g/mol. The first-order valence-corrected chi connectivity index (χ1v) is 23.7. The Morgan fingerprint density at radius 1 is 0.885 bits per heavy atom. The number of ether oxygens (including phenoxy) is 1. The summed E-state index contributed by atoms with van der Waals surface area (Å²) in [5.41, 5.74) is 7.36. The third kappa shape index (κ3) is 17.5. The number of amides is 2. The van der Waals surface area contributed by atoms with Crippen molar-refractivity contribution in [3.63, 3.8) is 0 Å². The van der Waals surface area contributed by atoms with Crippen LogP contribution in [-0.2, 0) is 22.4 Å². The van der Waals surface area contributed by atoms with E-state index in [-0.39, 0.29) is 50.1 Å². The predicted octanol–water partition coefficient (Wildman–Crippen LogP) is 10.00. The number of unbranched alkanes of at least 4 members (excludes halogenated alkanes) is 3. The minimum Gasteiger partial charge on any atom is -0.460 e. The summed E-state index contributed by atoms with van der Waals surface area (Å²) in [5, 5.41) is 21.3. The highest BCUT2D eigenvalue weighted by Gasteiger charge is 2.41. The third-order valence-corrected chi connectivity index (χ3v) is 11.6. The molecule has 0 bridgehead atoms. The molecular formula is C52H86N3O6+. The predicted molar refractivity (Wildman–Crippen MR) is 253 cm³/mol. The average Bonchev–Trinajstić information content (AvgIpc) is 3.77. The highest BCUT2D eigenvalue weighted by Crippen LogP contribution is 2.39. The van der Waals surface area contributed by atoms with Gasteiger partial charge in [-0.2, -0.15) is 0 Å². The van der Waals surface area contributed by atoms with E-state index in [2.05, 4.69) is 58.6 Å². The molecule has 1 saturated carbocycles. The van der Waals surface area contributed by atoms with Crippen LogP contribution in [0.25, 0.3) is 0 Å². The zero-order valence-corrected chi connectivity index (χ0v) is 40.1. The second-order valence-electron chi connectivity index (χ2n) is 16.7. The molecule has 1 unspecified atom stereocenters. The number of hydrogen-bond donors (Lipinski definition) is 3. The van der Waals surface area contributed by atoms with Crippen LogP contribution in [0.4, 0.5) is 0 Å². The van der Waals surface area contributed by atoms with Crippen molar-refractivity contribution in [2.75, 3.05) is 32.8 Å². The van der Waals surface area contributed by atoms with Crippen LogP contribution >= 0.6 is 0 Å². The van der Waals surface area contributed by atoms with Crippen LogP contribution in [0.15, 0.2) is 66.3 Å². The second kappa shape index (κ2) is 30.3. The molecule has 2 amide bonds. The van der Waals surface area contributed by atoms with E-state index in [0.29, 0.717) is 30.5 Å². The van der Waals surface area contributed by atoms with Crippen molar-refractivity contribution < 1.29 is 35.1 Å². The van der Waals surface area contributed by atoms with E-state index in [9.17, 15) is 24.6 Å². The summed E-state index contributed by atoms with van der Waals surface area (Å²) in [4.78, 5) is 44.1. The van der Waals surface area contributed by atoms with Crippen LogP contribution in [-0.4, -0.2) is 87.8 Å². The molecule has 0 heterocycles. The Morgan fingerprint density at radius 3 is 2.08 bits per heavy atom. The number of carbonyl (C=O) groups excluding carboxylic acids is 3. The van der Waals surface area contributed by atoms with Crippen molar-refractivity contribution in [1.29, 1.82) is 0 Å². The fourth-order valence-corrected chi connectivity index (χ4v) is 8.17. The van der Waals surface area contributed by atoms with Crippen LogP contribution in [0, 0.1) is 6.92 Å². The molecule has 0 aliphatic heterocycles. The third-order valence-electron chi connectivity index (χ3n) is 11.6. The van der Waals surface area contributed by atoms with Gasteiger partial charge in [0.25, 0.3) is 11.8 Å². The van der Waals surface area contributed by atoms with Gasteiger partial charge in [0.15, 0.2) is 6.54 Å². The van der Waals surface area contributed by atoms with Gasteiger partial charge in [-0.05, 0) is 101 Å². The number of rotatable bonds is 20. The van der Waals surface area contributed by atoms with Crippen LogP contribution in [0.3, 0.4) is 0 Å². The molecule has 1 atom stereocenters. The first-order valence-electron chi connectivity index (χ1n) is 23.7. The zero-order chi connectivity index (χ0) is 45.8.